The van der Waals surface area contributed by atoms with E-state index in [1.807, 2.05) is 12.1 Å². The molecule has 1 aromatic rings. The summed E-state index contributed by atoms with van der Waals surface area (Å²) in [6.45, 7) is 3.02. The van der Waals surface area contributed by atoms with Gasteiger partial charge in [-0.1, -0.05) is 23.7 Å². The van der Waals surface area contributed by atoms with Crippen LogP contribution in [0.2, 0.25) is 5.02 Å². The topological polar surface area (TPSA) is 38.0 Å². The van der Waals surface area contributed by atoms with Gasteiger partial charge in [-0.25, -0.2) is 0 Å². The maximum Gasteiger partial charge on any atom is 0.0406 e. The Morgan fingerprint density at radius 1 is 1.18 bits per heavy atom. The van der Waals surface area contributed by atoms with E-state index in [4.69, 9.17) is 17.3 Å². The minimum Gasteiger partial charge on any atom is -0.330 e. The second-order valence-corrected chi connectivity index (χ2v) is 5.53. The van der Waals surface area contributed by atoms with Crippen LogP contribution in [0, 0.1) is 5.41 Å². The van der Waals surface area contributed by atoms with Crippen LogP contribution < -0.4 is 11.1 Å². The molecule has 0 radical (unpaired) electrons. The van der Waals surface area contributed by atoms with Crippen molar-refractivity contribution >= 4 is 11.6 Å². The average molecular weight is 253 g/mol. The molecule has 1 aromatic carbocycles. The summed E-state index contributed by atoms with van der Waals surface area (Å²) >= 11 is 5.92. The van der Waals surface area contributed by atoms with E-state index in [1.54, 1.807) is 0 Å². The fourth-order valence-corrected chi connectivity index (χ4v) is 2.94. The molecular weight excluding hydrogens is 232 g/mol. The van der Waals surface area contributed by atoms with Gasteiger partial charge in [-0.05, 0) is 68.4 Å². The Kier molecular flexibility index (Phi) is 4.43. The van der Waals surface area contributed by atoms with Crippen LogP contribution in [0.5, 0.6) is 0 Å². The van der Waals surface area contributed by atoms with Gasteiger partial charge >= 0.3 is 0 Å². The highest BCUT2D eigenvalue weighted by Crippen LogP contribution is 2.36. The zero-order valence-corrected chi connectivity index (χ0v) is 11.0. The third-order valence-electron chi connectivity index (χ3n) is 3.83. The van der Waals surface area contributed by atoms with Gasteiger partial charge in [-0.15, -0.1) is 0 Å². The SMILES string of the molecule is NCCC1(Cc2ccc(Cl)cc2)CCNCC1. The smallest absolute Gasteiger partial charge is 0.0406 e. The largest absolute Gasteiger partial charge is 0.330 e. The molecule has 0 saturated carbocycles. The summed E-state index contributed by atoms with van der Waals surface area (Å²) in [4.78, 5) is 0. The van der Waals surface area contributed by atoms with Crippen LogP contribution in [-0.4, -0.2) is 19.6 Å². The van der Waals surface area contributed by atoms with E-state index in [0.29, 0.717) is 5.41 Å². The number of hydrogen-bond donors (Lipinski definition) is 2. The number of benzene rings is 1. The first-order valence-electron chi connectivity index (χ1n) is 6.39. The van der Waals surface area contributed by atoms with Gasteiger partial charge in [-0.3, -0.25) is 0 Å². The van der Waals surface area contributed by atoms with Crippen molar-refractivity contribution in [1.29, 1.82) is 0 Å². The number of nitrogens with one attached hydrogen (secondary N) is 1. The molecule has 0 unspecified atom stereocenters. The Morgan fingerprint density at radius 3 is 2.41 bits per heavy atom. The zero-order chi connectivity index (χ0) is 12.1. The molecule has 17 heavy (non-hydrogen) atoms. The standard InChI is InChI=1S/C14H21ClN2/c15-13-3-1-12(2-4-13)11-14(5-8-16)6-9-17-10-7-14/h1-4,17H,5-11,16H2. The highest BCUT2D eigenvalue weighted by molar-refractivity contribution is 6.30. The number of hydrogen-bond acceptors (Lipinski definition) is 2. The number of rotatable bonds is 4. The van der Waals surface area contributed by atoms with E-state index >= 15 is 0 Å². The first kappa shape index (κ1) is 12.9. The van der Waals surface area contributed by atoms with Crippen molar-refractivity contribution < 1.29 is 0 Å². The van der Waals surface area contributed by atoms with Gasteiger partial charge in [-0.2, -0.15) is 0 Å². The van der Waals surface area contributed by atoms with Crippen LogP contribution in [0.3, 0.4) is 0 Å². The second-order valence-electron chi connectivity index (χ2n) is 5.09. The lowest BCUT2D eigenvalue weighted by Gasteiger charge is -2.38. The van der Waals surface area contributed by atoms with Gasteiger partial charge in [0, 0.05) is 5.02 Å². The summed E-state index contributed by atoms with van der Waals surface area (Å²) in [7, 11) is 0. The molecule has 1 fully saturated rings. The van der Waals surface area contributed by atoms with Crippen LogP contribution >= 0.6 is 11.6 Å². The van der Waals surface area contributed by atoms with E-state index in [9.17, 15) is 0 Å². The minimum atomic E-state index is 0.397. The molecule has 2 nitrogen and oxygen atoms in total. The fourth-order valence-electron chi connectivity index (χ4n) is 2.81. The predicted molar refractivity (Wildman–Crippen MR) is 73.4 cm³/mol. The van der Waals surface area contributed by atoms with Crippen LogP contribution in [0.25, 0.3) is 0 Å². The molecule has 3 N–H and O–H groups in total. The summed E-state index contributed by atoms with van der Waals surface area (Å²) in [5.74, 6) is 0. The average Bonchev–Trinajstić information content (AvgIpc) is 2.34. The second kappa shape index (κ2) is 5.85. The minimum absolute atomic E-state index is 0.397. The van der Waals surface area contributed by atoms with Crippen molar-refractivity contribution in [2.24, 2.45) is 11.1 Å². The van der Waals surface area contributed by atoms with Crippen molar-refractivity contribution in [3.05, 3.63) is 34.9 Å². The first-order chi connectivity index (χ1) is 8.24. The van der Waals surface area contributed by atoms with Gasteiger partial charge in [0.1, 0.15) is 0 Å². The van der Waals surface area contributed by atoms with Gasteiger partial charge in [0.2, 0.25) is 0 Å². The van der Waals surface area contributed by atoms with Crippen molar-refractivity contribution in [3.8, 4) is 0 Å². The predicted octanol–water partition coefficient (Wildman–Crippen LogP) is 2.60. The highest BCUT2D eigenvalue weighted by atomic mass is 35.5. The summed E-state index contributed by atoms with van der Waals surface area (Å²) in [6, 6.07) is 8.24. The molecule has 3 heteroatoms. The summed E-state index contributed by atoms with van der Waals surface area (Å²) in [6.07, 6.45) is 4.71. The molecule has 0 amide bonds. The monoisotopic (exact) mass is 252 g/mol. The number of piperidine rings is 1. The first-order valence-corrected chi connectivity index (χ1v) is 6.77. The van der Waals surface area contributed by atoms with Gasteiger partial charge < -0.3 is 11.1 Å². The van der Waals surface area contributed by atoms with Gasteiger partial charge in [0.25, 0.3) is 0 Å². The third kappa shape index (κ3) is 3.44. The molecule has 1 aliphatic rings. The van der Waals surface area contributed by atoms with Crippen LogP contribution in [-0.2, 0) is 6.42 Å². The quantitative estimate of drug-likeness (QED) is 0.865. The number of nitrogens with two attached hydrogens (primary N) is 1. The van der Waals surface area contributed by atoms with Gasteiger partial charge in [0.15, 0.2) is 0 Å². The lowest BCUT2D eigenvalue weighted by atomic mass is 9.72. The van der Waals surface area contributed by atoms with Crippen LogP contribution in [0.1, 0.15) is 24.8 Å². The van der Waals surface area contributed by atoms with Crippen LogP contribution in [0.15, 0.2) is 24.3 Å². The van der Waals surface area contributed by atoms with Crippen molar-refractivity contribution in [2.75, 3.05) is 19.6 Å². The number of halogens is 1. The molecule has 0 bridgehead atoms. The lowest BCUT2D eigenvalue weighted by Crippen LogP contribution is -2.39. The molecule has 2 rings (SSSR count). The Bertz CT molecular complexity index is 336. The van der Waals surface area contributed by atoms with Crippen LogP contribution in [0.4, 0.5) is 0 Å². The molecule has 94 valence electrons. The highest BCUT2D eigenvalue weighted by Gasteiger charge is 2.31. The molecule has 0 aromatic heterocycles. The van der Waals surface area contributed by atoms with Crippen molar-refractivity contribution in [1.82, 2.24) is 5.32 Å². The van der Waals surface area contributed by atoms with E-state index in [-0.39, 0.29) is 0 Å². The Morgan fingerprint density at radius 2 is 1.82 bits per heavy atom. The Balaban J connectivity index is 2.08. The maximum absolute atomic E-state index is 5.92. The van der Waals surface area contributed by atoms with E-state index in [0.717, 1.165) is 37.5 Å². The van der Waals surface area contributed by atoms with E-state index in [1.165, 1.54) is 18.4 Å². The summed E-state index contributed by atoms with van der Waals surface area (Å²) in [5.41, 5.74) is 7.56. The lowest BCUT2D eigenvalue weighted by molar-refractivity contribution is 0.187. The Hall–Kier alpha value is -0.570. The van der Waals surface area contributed by atoms with E-state index in [2.05, 4.69) is 17.4 Å². The van der Waals surface area contributed by atoms with Crippen molar-refractivity contribution in [3.63, 3.8) is 0 Å². The molecule has 0 aliphatic carbocycles. The van der Waals surface area contributed by atoms with E-state index < -0.39 is 0 Å². The molecule has 1 saturated heterocycles. The Labute approximate surface area is 109 Å². The van der Waals surface area contributed by atoms with Crippen molar-refractivity contribution in [2.45, 2.75) is 25.7 Å². The molecular formula is C14H21ClN2. The zero-order valence-electron chi connectivity index (χ0n) is 10.2. The normalized spacial score (nSPS) is 19.2. The fraction of sp³-hybridized carbons (Fsp3) is 0.571. The summed E-state index contributed by atoms with van der Waals surface area (Å²) in [5, 5.41) is 4.24. The molecule has 0 spiro atoms. The molecule has 1 aliphatic heterocycles. The molecule has 0 atom stereocenters. The maximum atomic E-state index is 5.92. The third-order valence-corrected chi connectivity index (χ3v) is 4.08. The summed E-state index contributed by atoms with van der Waals surface area (Å²) < 4.78 is 0. The van der Waals surface area contributed by atoms with Gasteiger partial charge in [0.05, 0.1) is 0 Å². The molecule has 1 heterocycles.